The number of hydrogen-bond donors (Lipinski definition) is 2. The highest BCUT2D eigenvalue weighted by molar-refractivity contribution is 7.89. The van der Waals surface area contributed by atoms with Gasteiger partial charge in [-0.15, -0.1) is 0 Å². The SMILES string of the molecule is CC(C)(C(N)=O)S(=O)C1(CN2CCn3c(C(=O)NCc4ccc(Cl)cc4)ccc3C2=O)CC1. The van der Waals surface area contributed by atoms with Crippen molar-refractivity contribution in [3.63, 3.8) is 0 Å². The number of benzene rings is 1. The summed E-state index contributed by atoms with van der Waals surface area (Å²) in [7, 11) is -1.51. The van der Waals surface area contributed by atoms with Crippen molar-refractivity contribution in [1.29, 1.82) is 0 Å². The molecule has 8 nitrogen and oxygen atoms in total. The Labute approximate surface area is 199 Å². The van der Waals surface area contributed by atoms with E-state index in [1.54, 1.807) is 47.6 Å². The van der Waals surface area contributed by atoms with Crippen molar-refractivity contribution in [2.24, 2.45) is 5.73 Å². The molecule has 1 aliphatic heterocycles. The molecule has 0 bridgehead atoms. The Bertz CT molecular complexity index is 1140. The third-order valence-electron chi connectivity index (χ3n) is 6.42. The molecular weight excluding hydrogens is 464 g/mol. The van der Waals surface area contributed by atoms with Gasteiger partial charge in [0.2, 0.25) is 5.91 Å². The lowest BCUT2D eigenvalue weighted by Crippen LogP contribution is -2.52. The molecule has 4 rings (SSSR count). The van der Waals surface area contributed by atoms with E-state index < -0.39 is 26.2 Å². The van der Waals surface area contributed by atoms with E-state index >= 15 is 0 Å². The molecule has 33 heavy (non-hydrogen) atoms. The van der Waals surface area contributed by atoms with E-state index in [9.17, 15) is 18.6 Å². The van der Waals surface area contributed by atoms with Crippen LogP contribution < -0.4 is 11.1 Å². The first-order valence-electron chi connectivity index (χ1n) is 10.8. The molecule has 2 aromatic rings. The number of carbonyl (C=O) groups excluding carboxylic acids is 3. The minimum absolute atomic E-state index is 0.210. The molecule has 0 spiro atoms. The summed E-state index contributed by atoms with van der Waals surface area (Å²) in [5, 5.41) is 3.50. The van der Waals surface area contributed by atoms with Gasteiger partial charge in [0.05, 0.1) is 4.75 Å². The Morgan fingerprint density at radius 1 is 1.15 bits per heavy atom. The van der Waals surface area contributed by atoms with E-state index in [4.69, 9.17) is 17.3 Å². The average Bonchev–Trinajstić information content (AvgIpc) is 3.43. The number of primary amides is 1. The van der Waals surface area contributed by atoms with Crippen LogP contribution in [-0.4, -0.2) is 54.0 Å². The fourth-order valence-corrected chi connectivity index (χ4v) is 6.26. The predicted octanol–water partition coefficient (Wildman–Crippen LogP) is 2.07. The molecule has 2 aliphatic rings. The Kier molecular flexibility index (Phi) is 6.13. The zero-order valence-electron chi connectivity index (χ0n) is 18.6. The maximum Gasteiger partial charge on any atom is 0.270 e. The lowest BCUT2D eigenvalue weighted by molar-refractivity contribution is -0.119. The van der Waals surface area contributed by atoms with Gasteiger partial charge in [-0.25, -0.2) is 0 Å². The summed E-state index contributed by atoms with van der Waals surface area (Å²) in [6.45, 7) is 4.68. The van der Waals surface area contributed by atoms with Crippen molar-refractivity contribution >= 4 is 40.1 Å². The van der Waals surface area contributed by atoms with E-state index in [1.165, 1.54) is 0 Å². The standard InChI is InChI=1S/C23H27ClN4O4S/c1-22(2,21(25)31)33(32)23(9-10-23)14-27-11-12-28-17(7-8-18(28)20(27)30)19(29)26-13-15-3-5-16(24)6-4-15/h3-8H,9-14H2,1-2H3,(H2,25,31)(H,26,29). The lowest BCUT2D eigenvalue weighted by Gasteiger charge is -2.34. The molecule has 1 saturated carbocycles. The first-order chi connectivity index (χ1) is 15.5. The minimum Gasteiger partial charge on any atom is -0.368 e. The number of carbonyl (C=O) groups is 3. The van der Waals surface area contributed by atoms with Gasteiger partial charge in [-0.1, -0.05) is 23.7 Å². The number of rotatable bonds is 8. The Balaban J connectivity index is 1.44. The zero-order chi connectivity index (χ0) is 24.0. The smallest absolute Gasteiger partial charge is 0.270 e. The molecule has 1 aliphatic carbocycles. The van der Waals surface area contributed by atoms with Gasteiger partial charge in [-0.3, -0.25) is 18.6 Å². The summed E-state index contributed by atoms with van der Waals surface area (Å²) < 4.78 is 13.1. The van der Waals surface area contributed by atoms with Crippen molar-refractivity contribution in [2.75, 3.05) is 13.1 Å². The highest BCUT2D eigenvalue weighted by Crippen LogP contribution is 2.46. The normalized spacial score (nSPS) is 17.9. The van der Waals surface area contributed by atoms with Crippen LogP contribution in [0.5, 0.6) is 0 Å². The maximum absolute atomic E-state index is 13.1. The van der Waals surface area contributed by atoms with Gasteiger partial charge in [-0.2, -0.15) is 0 Å². The molecule has 2 heterocycles. The summed E-state index contributed by atoms with van der Waals surface area (Å²) in [6.07, 6.45) is 1.36. The van der Waals surface area contributed by atoms with E-state index in [2.05, 4.69) is 5.32 Å². The quantitative estimate of drug-likeness (QED) is 0.589. The number of halogens is 1. The van der Waals surface area contributed by atoms with Crippen LogP contribution in [0.25, 0.3) is 0 Å². The first-order valence-corrected chi connectivity index (χ1v) is 12.3. The van der Waals surface area contributed by atoms with Crippen LogP contribution in [0.15, 0.2) is 36.4 Å². The fraction of sp³-hybridized carbons (Fsp3) is 0.435. The van der Waals surface area contributed by atoms with Gasteiger partial charge in [0.1, 0.15) is 16.1 Å². The van der Waals surface area contributed by atoms with Crippen LogP contribution in [-0.2, 0) is 28.7 Å². The molecule has 3 N–H and O–H groups in total. The summed E-state index contributed by atoms with van der Waals surface area (Å²) in [5.41, 5.74) is 7.23. The number of amides is 3. The average molecular weight is 491 g/mol. The first kappa shape index (κ1) is 23.5. The number of hydrogen-bond acceptors (Lipinski definition) is 4. The number of fused-ring (bicyclic) bond motifs is 1. The maximum atomic E-state index is 13.1. The second-order valence-corrected chi connectivity index (χ2v) is 12.0. The van der Waals surface area contributed by atoms with Gasteiger partial charge in [0.25, 0.3) is 11.8 Å². The number of nitrogens with one attached hydrogen (secondary N) is 1. The molecule has 1 atom stereocenters. The van der Waals surface area contributed by atoms with Crippen molar-refractivity contribution in [3.8, 4) is 0 Å². The van der Waals surface area contributed by atoms with E-state index in [-0.39, 0.29) is 11.8 Å². The fourth-order valence-electron chi connectivity index (χ4n) is 4.13. The molecule has 0 saturated heterocycles. The van der Waals surface area contributed by atoms with Crippen LogP contribution in [0, 0.1) is 0 Å². The van der Waals surface area contributed by atoms with E-state index in [1.807, 2.05) is 12.1 Å². The minimum atomic E-state index is -1.51. The Morgan fingerprint density at radius 2 is 1.82 bits per heavy atom. The van der Waals surface area contributed by atoms with Crippen molar-refractivity contribution in [2.45, 2.75) is 49.3 Å². The molecule has 10 heteroatoms. The van der Waals surface area contributed by atoms with Crippen LogP contribution in [0.4, 0.5) is 0 Å². The zero-order valence-corrected chi connectivity index (χ0v) is 20.2. The van der Waals surface area contributed by atoms with Crippen LogP contribution >= 0.6 is 11.6 Å². The van der Waals surface area contributed by atoms with E-state index in [0.29, 0.717) is 55.4 Å². The van der Waals surface area contributed by atoms with Crippen molar-refractivity contribution in [1.82, 2.24) is 14.8 Å². The molecule has 0 radical (unpaired) electrons. The third kappa shape index (κ3) is 4.44. The summed E-state index contributed by atoms with van der Waals surface area (Å²) >= 11 is 5.89. The van der Waals surface area contributed by atoms with E-state index in [0.717, 1.165) is 5.56 Å². The Morgan fingerprint density at radius 3 is 2.42 bits per heavy atom. The van der Waals surface area contributed by atoms with Crippen LogP contribution in [0.1, 0.15) is 53.2 Å². The molecule has 1 unspecified atom stereocenters. The highest BCUT2D eigenvalue weighted by atomic mass is 35.5. The van der Waals surface area contributed by atoms with Gasteiger partial charge < -0.3 is 20.5 Å². The van der Waals surface area contributed by atoms with Gasteiger partial charge in [0, 0.05) is 42.0 Å². The van der Waals surface area contributed by atoms with Crippen molar-refractivity contribution in [3.05, 3.63) is 58.4 Å². The number of nitrogens with two attached hydrogens (primary N) is 1. The summed E-state index contributed by atoms with van der Waals surface area (Å²) in [4.78, 5) is 39.3. The Hall–Kier alpha value is -2.65. The van der Waals surface area contributed by atoms with Gasteiger partial charge >= 0.3 is 0 Å². The second-order valence-electron chi connectivity index (χ2n) is 9.12. The largest absolute Gasteiger partial charge is 0.368 e. The third-order valence-corrected chi connectivity index (χ3v) is 9.12. The highest BCUT2D eigenvalue weighted by Gasteiger charge is 2.56. The topological polar surface area (TPSA) is 114 Å². The molecule has 176 valence electrons. The van der Waals surface area contributed by atoms with Crippen LogP contribution in [0.2, 0.25) is 5.02 Å². The molecule has 1 fully saturated rings. The number of aromatic nitrogens is 1. The summed E-state index contributed by atoms with van der Waals surface area (Å²) in [5.74, 6) is -1.08. The molecule has 3 amide bonds. The molecule has 1 aromatic carbocycles. The van der Waals surface area contributed by atoms with Crippen LogP contribution in [0.3, 0.4) is 0 Å². The lowest BCUT2D eigenvalue weighted by atomic mass is 10.2. The van der Waals surface area contributed by atoms with Gasteiger partial charge in [0.15, 0.2) is 0 Å². The summed E-state index contributed by atoms with van der Waals surface area (Å²) in [6, 6.07) is 10.5. The molecule has 1 aromatic heterocycles. The second kappa shape index (κ2) is 8.61. The predicted molar refractivity (Wildman–Crippen MR) is 126 cm³/mol. The molecular formula is C23H27ClN4O4S. The van der Waals surface area contributed by atoms with Crippen molar-refractivity contribution < 1.29 is 18.6 Å². The van der Waals surface area contributed by atoms with Gasteiger partial charge in [-0.05, 0) is 56.5 Å². The number of nitrogens with zero attached hydrogens (tertiary/aromatic N) is 2. The monoisotopic (exact) mass is 490 g/mol.